The summed E-state index contributed by atoms with van der Waals surface area (Å²) in [6, 6.07) is 0. The molecule has 0 fully saturated rings. The van der Waals surface area contributed by atoms with E-state index in [1.165, 1.54) is 0 Å². The molecule has 0 rings (SSSR count). The lowest BCUT2D eigenvalue weighted by molar-refractivity contribution is 0.0527. The van der Waals surface area contributed by atoms with Crippen LogP contribution in [0, 0.1) is 0 Å². The Morgan fingerprint density at radius 1 is 1.43 bits per heavy atom. The number of hydrogen-bond donors (Lipinski definition) is 1. The topological polar surface area (TPSA) is 38.3 Å². The van der Waals surface area contributed by atoms with Crippen LogP contribution in [-0.4, -0.2) is 18.2 Å². The summed E-state index contributed by atoms with van der Waals surface area (Å²) in [4.78, 5) is 11.1. The fourth-order valence-electron chi connectivity index (χ4n) is 0.895. The van der Waals surface area contributed by atoms with E-state index in [1.54, 1.807) is 0 Å². The minimum atomic E-state index is -0.418. The van der Waals surface area contributed by atoms with Crippen LogP contribution in [0.1, 0.15) is 40.5 Å². The van der Waals surface area contributed by atoms with Crippen molar-refractivity contribution in [3.8, 4) is 0 Å². The lowest BCUT2D eigenvalue weighted by Crippen LogP contribution is -2.32. The second kappa shape index (κ2) is 5.68. The van der Waals surface area contributed by atoms with Gasteiger partial charge in [-0.1, -0.05) is 5.57 Å². The van der Waals surface area contributed by atoms with Crippen molar-refractivity contribution in [2.75, 3.05) is 6.54 Å². The number of rotatable bonds is 4. The van der Waals surface area contributed by atoms with Gasteiger partial charge in [-0.05, 0) is 40.5 Å². The Bertz CT molecular complexity index is 204. The van der Waals surface area contributed by atoms with Crippen LogP contribution in [0.15, 0.2) is 12.2 Å². The number of allylic oxidation sites excluding steroid dienone is 1. The van der Waals surface area contributed by atoms with Crippen LogP contribution >= 0.6 is 0 Å². The average Bonchev–Trinajstić information content (AvgIpc) is 1.94. The number of alkyl carbamates (subject to hydrolysis) is 1. The molecule has 0 spiro atoms. The maximum absolute atomic E-state index is 11.1. The van der Waals surface area contributed by atoms with Gasteiger partial charge < -0.3 is 10.1 Å². The maximum Gasteiger partial charge on any atom is 0.407 e. The van der Waals surface area contributed by atoms with Crippen LogP contribution in [-0.2, 0) is 4.74 Å². The zero-order valence-electron chi connectivity index (χ0n) is 9.64. The molecule has 0 saturated carbocycles. The molecule has 82 valence electrons. The molecule has 0 bridgehead atoms. The monoisotopic (exact) mass is 199 g/mol. The fraction of sp³-hybridized carbons (Fsp3) is 0.727. The zero-order chi connectivity index (χ0) is 11.2. The fourth-order valence-corrected chi connectivity index (χ4v) is 0.895. The van der Waals surface area contributed by atoms with Crippen molar-refractivity contribution in [2.24, 2.45) is 0 Å². The summed E-state index contributed by atoms with van der Waals surface area (Å²) in [6.07, 6.45) is 1.50. The highest BCUT2D eigenvalue weighted by atomic mass is 16.6. The van der Waals surface area contributed by atoms with Gasteiger partial charge >= 0.3 is 6.09 Å². The molecule has 0 aliphatic heterocycles. The van der Waals surface area contributed by atoms with Gasteiger partial charge in [-0.25, -0.2) is 4.79 Å². The Kier molecular flexibility index (Phi) is 5.28. The lowest BCUT2D eigenvalue weighted by Gasteiger charge is -2.19. The summed E-state index contributed by atoms with van der Waals surface area (Å²) in [5, 5.41) is 2.69. The molecule has 0 atom stereocenters. The Hall–Kier alpha value is -0.990. The van der Waals surface area contributed by atoms with Gasteiger partial charge in [0.15, 0.2) is 0 Å². The van der Waals surface area contributed by atoms with Crippen LogP contribution in [0.25, 0.3) is 0 Å². The summed E-state index contributed by atoms with van der Waals surface area (Å²) in [7, 11) is 0. The molecular formula is C11H21NO2. The Labute approximate surface area is 86.5 Å². The van der Waals surface area contributed by atoms with Crippen LogP contribution in [0.5, 0.6) is 0 Å². The zero-order valence-corrected chi connectivity index (χ0v) is 9.64. The number of hydrogen-bond acceptors (Lipinski definition) is 2. The minimum Gasteiger partial charge on any atom is -0.444 e. The first kappa shape index (κ1) is 13.0. The molecule has 3 heteroatoms. The van der Waals surface area contributed by atoms with E-state index in [-0.39, 0.29) is 6.09 Å². The number of amides is 1. The van der Waals surface area contributed by atoms with Crippen molar-refractivity contribution in [2.45, 2.75) is 46.1 Å². The van der Waals surface area contributed by atoms with E-state index in [1.807, 2.05) is 27.7 Å². The van der Waals surface area contributed by atoms with Crippen molar-refractivity contribution in [3.05, 3.63) is 12.2 Å². The van der Waals surface area contributed by atoms with Gasteiger partial charge in [0.25, 0.3) is 0 Å². The van der Waals surface area contributed by atoms with E-state index in [2.05, 4.69) is 11.9 Å². The van der Waals surface area contributed by atoms with Gasteiger partial charge in [0.2, 0.25) is 0 Å². The Balaban J connectivity index is 3.50. The molecule has 0 aromatic carbocycles. The first-order chi connectivity index (χ1) is 6.31. The summed E-state index contributed by atoms with van der Waals surface area (Å²) >= 11 is 0. The normalized spacial score (nSPS) is 10.9. The highest BCUT2D eigenvalue weighted by molar-refractivity contribution is 5.67. The molecule has 3 nitrogen and oxygen atoms in total. The van der Waals surface area contributed by atoms with Crippen molar-refractivity contribution < 1.29 is 9.53 Å². The third-order valence-electron chi connectivity index (χ3n) is 1.45. The van der Waals surface area contributed by atoms with Crippen molar-refractivity contribution >= 4 is 6.09 Å². The second-order valence-corrected chi connectivity index (χ2v) is 4.49. The number of ether oxygens (including phenoxy) is 1. The van der Waals surface area contributed by atoms with Crippen LogP contribution in [0.4, 0.5) is 4.79 Å². The van der Waals surface area contributed by atoms with Crippen LogP contribution in [0.2, 0.25) is 0 Å². The Morgan fingerprint density at radius 3 is 2.43 bits per heavy atom. The molecule has 1 amide bonds. The summed E-state index contributed by atoms with van der Waals surface area (Å²) in [6.45, 7) is 12.0. The van der Waals surface area contributed by atoms with Crippen molar-refractivity contribution in [3.63, 3.8) is 0 Å². The number of carbonyl (C=O) groups excluding carboxylic acids is 1. The van der Waals surface area contributed by atoms with Crippen LogP contribution < -0.4 is 5.32 Å². The van der Waals surface area contributed by atoms with Crippen molar-refractivity contribution in [1.29, 1.82) is 0 Å². The smallest absolute Gasteiger partial charge is 0.407 e. The molecule has 0 unspecified atom stereocenters. The molecule has 0 aliphatic rings. The van der Waals surface area contributed by atoms with Gasteiger partial charge in [-0.2, -0.15) is 0 Å². The maximum atomic E-state index is 11.1. The van der Waals surface area contributed by atoms with Gasteiger partial charge in [0.1, 0.15) is 5.60 Å². The molecule has 1 N–H and O–H groups in total. The lowest BCUT2D eigenvalue weighted by atomic mass is 10.2. The standard InChI is InChI=1S/C11H21NO2/c1-9(2)7-6-8-12-10(13)14-11(3,4)5/h1,6-8H2,2-5H3,(H,12,13). The molecule has 14 heavy (non-hydrogen) atoms. The molecule has 0 aromatic heterocycles. The van der Waals surface area contributed by atoms with E-state index in [4.69, 9.17) is 4.74 Å². The highest BCUT2D eigenvalue weighted by Crippen LogP contribution is 2.06. The van der Waals surface area contributed by atoms with E-state index < -0.39 is 5.60 Å². The third-order valence-corrected chi connectivity index (χ3v) is 1.45. The first-order valence-corrected chi connectivity index (χ1v) is 4.92. The molecule has 0 radical (unpaired) electrons. The van der Waals surface area contributed by atoms with E-state index >= 15 is 0 Å². The largest absolute Gasteiger partial charge is 0.444 e. The predicted molar refractivity (Wildman–Crippen MR) is 58.3 cm³/mol. The summed E-state index contributed by atoms with van der Waals surface area (Å²) < 4.78 is 5.07. The first-order valence-electron chi connectivity index (χ1n) is 4.92. The average molecular weight is 199 g/mol. The molecule has 0 heterocycles. The molecule has 0 aromatic rings. The molecule has 0 saturated heterocycles. The number of nitrogens with one attached hydrogen (secondary N) is 1. The van der Waals surface area contributed by atoms with Gasteiger partial charge in [-0.15, -0.1) is 6.58 Å². The second-order valence-electron chi connectivity index (χ2n) is 4.49. The number of carbonyl (C=O) groups is 1. The van der Waals surface area contributed by atoms with Gasteiger partial charge in [0, 0.05) is 6.54 Å². The molecular weight excluding hydrogens is 178 g/mol. The highest BCUT2D eigenvalue weighted by Gasteiger charge is 2.15. The summed E-state index contributed by atoms with van der Waals surface area (Å²) in [5.41, 5.74) is 0.717. The quantitative estimate of drug-likeness (QED) is 0.558. The summed E-state index contributed by atoms with van der Waals surface area (Å²) in [5.74, 6) is 0. The third kappa shape index (κ3) is 9.10. The predicted octanol–water partition coefficient (Wildman–Crippen LogP) is 2.87. The van der Waals surface area contributed by atoms with E-state index in [0.717, 1.165) is 18.4 Å². The Morgan fingerprint density at radius 2 is 2.00 bits per heavy atom. The van der Waals surface area contributed by atoms with Gasteiger partial charge in [0.05, 0.1) is 0 Å². The van der Waals surface area contributed by atoms with Gasteiger partial charge in [-0.3, -0.25) is 0 Å². The SMILES string of the molecule is C=C(C)CCCNC(=O)OC(C)(C)C. The van der Waals surface area contributed by atoms with Crippen molar-refractivity contribution in [1.82, 2.24) is 5.32 Å². The van der Waals surface area contributed by atoms with Crippen LogP contribution in [0.3, 0.4) is 0 Å². The minimum absolute atomic E-state index is 0.348. The van der Waals surface area contributed by atoms with E-state index in [9.17, 15) is 4.79 Å². The van der Waals surface area contributed by atoms with E-state index in [0.29, 0.717) is 6.54 Å². The molecule has 0 aliphatic carbocycles.